The number of nitrogens with zero attached hydrogens (tertiary/aromatic N) is 1. The molecule has 1 aromatic heterocycles. The molecule has 0 spiro atoms. The van der Waals surface area contributed by atoms with Crippen molar-refractivity contribution in [3.05, 3.63) is 49.9 Å². The van der Waals surface area contributed by atoms with Gasteiger partial charge in [-0.15, -0.1) is 0 Å². The van der Waals surface area contributed by atoms with Crippen molar-refractivity contribution < 1.29 is 0 Å². The van der Waals surface area contributed by atoms with Crippen LogP contribution in [0.2, 0.25) is 10.0 Å². The number of aryl methyl sites for hydroxylation is 2. The molecular formula is C12H13Cl2N3O. The fourth-order valence-electron chi connectivity index (χ4n) is 1.67. The van der Waals surface area contributed by atoms with Gasteiger partial charge in [-0.2, -0.15) is 0 Å². The van der Waals surface area contributed by atoms with Crippen LogP contribution in [-0.2, 0) is 13.6 Å². The molecule has 0 bridgehead atoms. The van der Waals surface area contributed by atoms with E-state index in [-0.39, 0.29) is 5.56 Å². The Morgan fingerprint density at radius 3 is 2.61 bits per heavy atom. The molecule has 2 aromatic rings. The number of benzene rings is 1. The fraction of sp³-hybridized carbons (Fsp3) is 0.250. The van der Waals surface area contributed by atoms with E-state index in [4.69, 9.17) is 23.2 Å². The molecule has 0 aliphatic carbocycles. The van der Waals surface area contributed by atoms with Gasteiger partial charge in [-0.1, -0.05) is 23.2 Å². The van der Waals surface area contributed by atoms with Crippen LogP contribution in [0.15, 0.2) is 23.0 Å². The minimum atomic E-state index is -0.118. The summed E-state index contributed by atoms with van der Waals surface area (Å²) in [6.45, 7) is 2.42. The topological polar surface area (TPSA) is 49.8 Å². The SMILES string of the molecule is Cc1cc(NCc2cc(=O)[nH]n2C)c(Cl)cc1Cl. The number of hydrogen-bond acceptors (Lipinski definition) is 2. The van der Waals surface area contributed by atoms with E-state index in [1.165, 1.54) is 0 Å². The van der Waals surface area contributed by atoms with Crippen LogP contribution in [0, 0.1) is 6.92 Å². The normalized spacial score (nSPS) is 10.7. The molecule has 4 nitrogen and oxygen atoms in total. The first-order chi connectivity index (χ1) is 8.47. The predicted molar refractivity (Wildman–Crippen MR) is 74.6 cm³/mol. The molecule has 18 heavy (non-hydrogen) atoms. The van der Waals surface area contributed by atoms with Crippen LogP contribution in [-0.4, -0.2) is 9.78 Å². The number of H-pyrrole nitrogens is 1. The zero-order valence-corrected chi connectivity index (χ0v) is 11.6. The van der Waals surface area contributed by atoms with E-state index in [2.05, 4.69) is 10.4 Å². The van der Waals surface area contributed by atoms with Crippen LogP contribution < -0.4 is 10.9 Å². The minimum Gasteiger partial charge on any atom is -0.378 e. The Bertz CT molecular complexity index is 631. The second kappa shape index (κ2) is 5.08. The van der Waals surface area contributed by atoms with Crippen LogP contribution in [0.25, 0.3) is 0 Å². The summed E-state index contributed by atoms with van der Waals surface area (Å²) in [7, 11) is 1.78. The molecule has 0 amide bonds. The number of aromatic nitrogens is 2. The third-order valence-electron chi connectivity index (χ3n) is 2.71. The number of halogens is 2. The maximum Gasteiger partial charge on any atom is 0.264 e. The van der Waals surface area contributed by atoms with E-state index < -0.39 is 0 Å². The molecule has 6 heteroatoms. The highest BCUT2D eigenvalue weighted by molar-refractivity contribution is 6.36. The molecule has 0 saturated heterocycles. The van der Waals surface area contributed by atoms with E-state index in [1.807, 2.05) is 13.0 Å². The molecule has 0 atom stereocenters. The van der Waals surface area contributed by atoms with Gasteiger partial charge in [-0.25, -0.2) is 0 Å². The summed E-state index contributed by atoms with van der Waals surface area (Å²) in [5.74, 6) is 0. The Hall–Kier alpha value is -1.39. The number of hydrogen-bond donors (Lipinski definition) is 2. The van der Waals surface area contributed by atoms with Crippen molar-refractivity contribution in [1.29, 1.82) is 0 Å². The predicted octanol–water partition coefficient (Wildman–Crippen LogP) is 2.94. The Kier molecular flexibility index (Phi) is 3.68. The summed E-state index contributed by atoms with van der Waals surface area (Å²) >= 11 is 12.1. The van der Waals surface area contributed by atoms with Gasteiger partial charge < -0.3 is 5.32 Å². The maximum atomic E-state index is 11.1. The first-order valence-electron chi connectivity index (χ1n) is 5.42. The van der Waals surface area contributed by atoms with Crippen LogP contribution in [0.4, 0.5) is 5.69 Å². The molecule has 0 aliphatic heterocycles. The van der Waals surface area contributed by atoms with Gasteiger partial charge in [0.1, 0.15) is 0 Å². The first kappa shape index (κ1) is 13.1. The number of aromatic amines is 1. The van der Waals surface area contributed by atoms with Crippen molar-refractivity contribution in [3.8, 4) is 0 Å². The van der Waals surface area contributed by atoms with Gasteiger partial charge in [0.25, 0.3) is 5.56 Å². The lowest BCUT2D eigenvalue weighted by molar-refractivity contribution is 0.713. The molecule has 0 unspecified atom stereocenters. The third-order valence-corrected chi connectivity index (χ3v) is 3.43. The summed E-state index contributed by atoms with van der Waals surface area (Å²) in [5.41, 5.74) is 2.48. The molecule has 0 saturated carbocycles. The van der Waals surface area contributed by atoms with Gasteiger partial charge in [0, 0.05) is 18.1 Å². The summed E-state index contributed by atoms with van der Waals surface area (Å²) < 4.78 is 1.67. The van der Waals surface area contributed by atoms with Crippen LogP contribution in [0.1, 0.15) is 11.3 Å². The molecule has 96 valence electrons. The van der Waals surface area contributed by atoms with Crippen molar-refractivity contribution in [1.82, 2.24) is 9.78 Å². The standard InChI is InChI=1S/C12H13Cl2N3O/c1-7-3-11(10(14)5-9(7)13)15-6-8-4-12(18)16-17(8)2/h3-5,15H,6H2,1-2H3,(H,16,18). The summed E-state index contributed by atoms with van der Waals surface area (Å²) in [4.78, 5) is 11.1. The minimum absolute atomic E-state index is 0.118. The molecule has 1 aromatic carbocycles. The van der Waals surface area contributed by atoms with E-state index in [0.717, 1.165) is 16.9 Å². The summed E-state index contributed by atoms with van der Waals surface area (Å²) in [6.07, 6.45) is 0. The van der Waals surface area contributed by atoms with Gasteiger partial charge in [0.2, 0.25) is 0 Å². The van der Waals surface area contributed by atoms with Crippen molar-refractivity contribution in [3.63, 3.8) is 0 Å². The molecule has 1 heterocycles. The van der Waals surface area contributed by atoms with Crippen LogP contribution in [0.5, 0.6) is 0 Å². The molecule has 0 fully saturated rings. The molecule has 0 aliphatic rings. The van der Waals surface area contributed by atoms with Gasteiger partial charge in [-0.05, 0) is 24.6 Å². The van der Waals surface area contributed by atoms with E-state index in [9.17, 15) is 4.79 Å². The number of anilines is 1. The third kappa shape index (κ3) is 2.71. The quantitative estimate of drug-likeness (QED) is 0.911. The van der Waals surface area contributed by atoms with Crippen LogP contribution >= 0.6 is 23.2 Å². The number of rotatable bonds is 3. The molecule has 2 rings (SSSR count). The highest BCUT2D eigenvalue weighted by Gasteiger charge is 2.06. The van der Waals surface area contributed by atoms with Gasteiger partial charge in [0.05, 0.1) is 22.9 Å². The van der Waals surface area contributed by atoms with Crippen molar-refractivity contribution in [2.75, 3.05) is 5.32 Å². The monoisotopic (exact) mass is 285 g/mol. The Labute approximate surface area is 115 Å². The van der Waals surface area contributed by atoms with Gasteiger partial charge in [-0.3, -0.25) is 14.6 Å². The van der Waals surface area contributed by atoms with E-state index >= 15 is 0 Å². The first-order valence-corrected chi connectivity index (χ1v) is 6.17. The Morgan fingerprint density at radius 2 is 2.00 bits per heavy atom. The molecular weight excluding hydrogens is 273 g/mol. The molecule has 2 N–H and O–H groups in total. The van der Waals surface area contributed by atoms with Crippen molar-refractivity contribution >= 4 is 28.9 Å². The fourth-order valence-corrected chi connectivity index (χ4v) is 2.12. The second-order valence-electron chi connectivity index (χ2n) is 4.11. The zero-order chi connectivity index (χ0) is 13.3. The Balaban J connectivity index is 2.18. The highest BCUT2D eigenvalue weighted by atomic mass is 35.5. The highest BCUT2D eigenvalue weighted by Crippen LogP contribution is 2.28. The van der Waals surface area contributed by atoms with Crippen molar-refractivity contribution in [2.45, 2.75) is 13.5 Å². The summed E-state index contributed by atoms with van der Waals surface area (Å²) in [6, 6.07) is 5.13. The van der Waals surface area contributed by atoms with Gasteiger partial charge >= 0.3 is 0 Å². The lowest BCUT2D eigenvalue weighted by Gasteiger charge is -2.10. The average molecular weight is 286 g/mol. The van der Waals surface area contributed by atoms with Crippen molar-refractivity contribution in [2.24, 2.45) is 7.05 Å². The second-order valence-corrected chi connectivity index (χ2v) is 4.92. The lowest BCUT2D eigenvalue weighted by Crippen LogP contribution is -2.06. The zero-order valence-electron chi connectivity index (χ0n) is 10.1. The Morgan fingerprint density at radius 1 is 1.28 bits per heavy atom. The smallest absolute Gasteiger partial charge is 0.264 e. The van der Waals surface area contributed by atoms with E-state index in [0.29, 0.717) is 16.6 Å². The maximum absolute atomic E-state index is 11.1. The number of nitrogens with one attached hydrogen (secondary N) is 2. The summed E-state index contributed by atoms with van der Waals surface area (Å²) in [5, 5.41) is 7.03. The molecule has 0 radical (unpaired) electrons. The largest absolute Gasteiger partial charge is 0.378 e. The van der Waals surface area contributed by atoms with E-state index in [1.54, 1.807) is 23.9 Å². The average Bonchev–Trinajstić information content (AvgIpc) is 2.61. The van der Waals surface area contributed by atoms with Crippen LogP contribution in [0.3, 0.4) is 0 Å². The van der Waals surface area contributed by atoms with Gasteiger partial charge in [0.15, 0.2) is 0 Å². The lowest BCUT2D eigenvalue weighted by atomic mass is 10.2.